The van der Waals surface area contributed by atoms with Gasteiger partial charge in [0, 0.05) is 30.1 Å². The Labute approximate surface area is 145 Å². The molecule has 1 amide bonds. The van der Waals surface area contributed by atoms with Gasteiger partial charge in [-0.2, -0.15) is 0 Å². The lowest BCUT2D eigenvalue weighted by Gasteiger charge is -2.15. The van der Waals surface area contributed by atoms with E-state index in [1.54, 1.807) is 41.2 Å². The second-order valence-corrected chi connectivity index (χ2v) is 5.71. The van der Waals surface area contributed by atoms with Crippen molar-refractivity contribution in [1.29, 1.82) is 0 Å². The summed E-state index contributed by atoms with van der Waals surface area (Å²) in [6, 6.07) is 12.0. The van der Waals surface area contributed by atoms with E-state index in [1.807, 2.05) is 24.4 Å². The number of nitrogens with zero attached hydrogens (tertiary/aromatic N) is 2. The predicted molar refractivity (Wildman–Crippen MR) is 95.9 cm³/mol. The molecule has 0 bridgehead atoms. The summed E-state index contributed by atoms with van der Waals surface area (Å²) >= 11 is 0. The molecule has 6 heteroatoms. The monoisotopic (exact) mass is 337 g/mol. The summed E-state index contributed by atoms with van der Waals surface area (Å²) in [6.45, 7) is -0.172. The number of carbonyl (C=O) groups is 1. The third-order valence-electron chi connectivity index (χ3n) is 3.85. The lowest BCUT2D eigenvalue weighted by atomic mass is 10.1. The molecule has 25 heavy (non-hydrogen) atoms. The number of aliphatic hydroxyl groups is 1. The number of pyridine rings is 1. The first-order valence-electron chi connectivity index (χ1n) is 7.95. The number of amides is 1. The number of aromatic hydroxyl groups is 1. The molecule has 0 spiro atoms. The van der Waals surface area contributed by atoms with Crippen LogP contribution in [0.4, 0.5) is 0 Å². The molecular weight excluding hydrogens is 318 g/mol. The van der Waals surface area contributed by atoms with E-state index in [1.165, 1.54) is 6.08 Å². The van der Waals surface area contributed by atoms with Crippen molar-refractivity contribution in [3.8, 4) is 5.75 Å². The standard InChI is InChI=1S/C19H19N3O3/c23-13-16(12-14-3-5-17(24)6-4-14)21-18(25)8-11-22-10-7-15-2-1-9-20-19(15)22/h1-11,16,23-24H,12-13H2,(H,21,25)/b11-8+/t16-/m0/s1. The van der Waals surface area contributed by atoms with E-state index >= 15 is 0 Å². The van der Waals surface area contributed by atoms with Crippen LogP contribution in [0.1, 0.15) is 5.56 Å². The van der Waals surface area contributed by atoms with Crippen LogP contribution in [0.25, 0.3) is 17.2 Å². The number of aromatic nitrogens is 2. The van der Waals surface area contributed by atoms with E-state index in [0.29, 0.717) is 6.42 Å². The number of hydrogen-bond acceptors (Lipinski definition) is 4. The molecule has 0 fully saturated rings. The zero-order chi connectivity index (χ0) is 17.6. The average molecular weight is 337 g/mol. The summed E-state index contributed by atoms with van der Waals surface area (Å²) in [6.07, 6.45) is 7.06. The maximum Gasteiger partial charge on any atom is 0.245 e. The molecule has 0 aliphatic rings. The Bertz CT molecular complexity index is 884. The summed E-state index contributed by atoms with van der Waals surface area (Å²) in [5.74, 6) is -0.112. The van der Waals surface area contributed by atoms with Gasteiger partial charge in [0.2, 0.25) is 5.91 Å². The fraction of sp³-hybridized carbons (Fsp3) is 0.158. The topological polar surface area (TPSA) is 87.4 Å². The number of carbonyl (C=O) groups excluding carboxylic acids is 1. The maximum absolute atomic E-state index is 12.1. The highest BCUT2D eigenvalue weighted by molar-refractivity contribution is 5.91. The van der Waals surface area contributed by atoms with Crippen LogP contribution < -0.4 is 5.32 Å². The lowest BCUT2D eigenvalue weighted by molar-refractivity contribution is -0.117. The largest absolute Gasteiger partial charge is 0.508 e. The van der Waals surface area contributed by atoms with Gasteiger partial charge in [0.15, 0.2) is 0 Å². The van der Waals surface area contributed by atoms with Gasteiger partial charge in [-0.3, -0.25) is 4.79 Å². The van der Waals surface area contributed by atoms with Crippen molar-refractivity contribution in [2.24, 2.45) is 0 Å². The lowest BCUT2D eigenvalue weighted by Crippen LogP contribution is -2.38. The smallest absolute Gasteiger partial charge is 0.245 e. The van der Waals surface area contributed by atoms with Gasteiger partial charge in [-0.05, 0) is 42.3 Å². The van der Waals surface area contributed by atoms with Crippen LogP contribution in [0.2, 0.25) is 0 Å². The Kier molecular flexibility index (Phi) is 5.11. The molecule has 1 atom stereocenters. The van der Waals surface area contributed by atoms with Gasteiger partial charge in [-0.15, -0.1) is 0 Å². The zero-order valence-electron chi connectivity index (χ0n) is 13.5. The second kappa shape index (κ2) is 7.63. The molecule has 3 rings (SSSR count). The zero-order valence-corrected chi connectivity index (χ0v) is 13.5. The minimum absolute atomic E-state index is 0.172. The summed E-state index contributed by atoms with van der Waals surface area (Å²) < 4.78 is 1.77. The van der Waals surface area contributed by atoms with Crippen LogP contribution in [0.3, 0.4) is 0 Å². The van der Waals surface area contributed by atoms with Crippen LogP contribution in [-0.4, -0.2) is 38.3 Å². The van der Waals surface area contributed by atoms with Crippen LogP contribution in [0, 0.1) is 0 Å². The van der Waals surface area contributed by atoms with E-state index in [2.05, 4.69) is 10.3 Å². The Morgan fingerprint density at radius 1 is 1.24 bits per heavy atom. The number of fused-ring (bicyclic) bond motifs is 1. The first-order valence-corrected chi connectivity index (χ1v) is 7.95. The molecule has 3 aromatic rings. The van der Waals surface area contributed by atoms with Gasteiger partial charge in [-0.1, -0.05) is 12.1 Å². The number of phenolic OH excluding ortho intramolecular Hbond substituents is 1. The number of nitrogens with one attached hydrogen (secondary N) is 1. The van der Waals surface area contributed by atoms with Crippen molar-refractivity contribution < 1.29 is 15.0 Å². The van der Waals surface area contributed by atoms with Crippen LogP contribution in [0.5, 0.6) is 5.75 Å². The Morgan fingerprint density at radius 3 is 2.80 bits per heavy atom. The molecule has 0 saturated carbocycles. The molecule has 2 heterocycles. The number of phenols is 1. The highest BCUT2D eigenvalue weighted by Gasteiger charge is 2.10. The van der Waals surface area contributed by atoms with E-state index in [0.717, 1.165) is 16.6 Å². The summed E-state index contributed by atoms with van der Waals surface area (Å²) in [4.78, 5) is 16.4. The Morgan fingerprint density at radius 2 is 2.04 bits per heavy atom. The molecule has 0 radical (unpaired) electrons. The minimum atomic E-state index is -0.402. The van der Waals surface area contributed by atoms with Crippen molar-refractivity contribution in [2.45, 2.75) is 12.5 Å². The fourth-order valence-corrected chi connectivity index (χ4v) is 2.58. The second-order valence-electron chi connectivity index (χ2n) is 5.71. The highest BCUT2D eigenvalue weighted by Crippen LogP contribution is 2.13. The summed E-state index contributed by atoms with van der Waals surface area (Å²) in [5, 5.41) is 22.5. The minimum Gasteiger partial charge on any atom is -0.508 e. The van der Waals surface area contributed by atoms with Crippen LogP contribution in [0.15, 0.2) is 60.9 Å². The van der Waals surface area contributed by atoms with E-state index < -0.39 is 6.04 Å². The third kappa shape index (κ3) is 4.24. The van der Waals surface area contributed by atoms with Crippen molar-refractivity contribution >= 4 is 23.1 Å². The van der Waals surface area contributed by atoms with Crippen LogP contribution in [-0.2, 0) is 11.2 Å². The molecule has 0 unspecified atom stereocenters. The van der Waals surface area contributed by atoms with E-state index in [-0.39, 0.29) is 18.3 Å². The van der Waals surface area contributed by atoms with Crippen molar-refractivity contribution in [3.63, 3.8) is 0 Å². The Hall–Kier alpha value is -3.12. The van der Waals surface area contributed by atoms with E-state index in [4.69, 9.17) is 0 Å². The number of hydrogen-bond donors (Lipinski definition) is 3. The molecule has 2 aromatic heterocycles. The first kappa shape index (κ1) is 16.7. The summed E-state index contributed by atoms with van der Waals surface area (Å²) in [7, 11) is 0. The van der Waals surface area contributed by atoms with Crippen molar-refractivity contribution in [3.05, 3.63) is 66.5 Å². The third-order valence-corrected chi connectivity index (χ3v) is 3.85. The van der Waals surface area contributed by atoms with E-state index in [9.17, 15) is 15.0 Å². The van der Waals surface area contributed by atoms with Crippen LogP contribution >= 0.6 is 0 Å². The first-order chi connectivity index (χ1) is 12.2. The molecule has 0 aliphatic heterocycles. The number of benzene rings is 1. The molecule has 0 saturated heterocycles. The normalized spacial score (nSPS) is 12.5. The molecule has 6 nitrogen and oxygen atoms in total. The molecule has 0 aliphatic carbocycles. The van der Waals surface area contributed by atoms with Gasteiger partial charge in [0.1, 0.15) is 11.4 Å². The molecular formula is C19H19N3O3. The molecule has 3 N–H and O–H groups in total. The summed E-state index contributed by atoms with van der Waals surface area (Å²) in [5.41, 5.74) is 1.69. The van der Waals surface area contributed by atoms with Gasteiger partial charge < -0.3 is 20.1 Å². The number of rotatable bonds is 6. The quantitative estimate of drug-likeness (QED) is 0.600. The molecule has 128 valence electrons. The maximum atomic E-state index is 12.1. The molecule has 1 aromatic carbocycles. The SMILES string of the molecule is O=C(/C=C/n1ccc2cccnc21)N[C@H](CO)Cc1ccc(O)cc1. The van der Waals surface area contributed by atoms with Gasteiger partial charge >= 0.3 is 0 Å². The predicted octanol–water partition coefficient (Wildman–Crippen LogP) is 1.93. The highest BCUT2D eigenvalue weighted by atomic mass is 16.3. The number of aliphatic hydroxyl groups excluding tert-OH is 1. The van der Waals surface area contributed by atoms with Crippen molar-refractivity contribution in [2.75, 3.05) is 6.61 Å². The fourth-order valence-electron chi connectivity index (χ4n) is 2.58. The average Bonchev–Trinajstić information content (AvgIpc) is 3.04. The van der Waals surface area contributed by atoms with Gasteiger partial charge in [0.25, 0.3) is 0 Å². The van der Waals surface area contributed by atoms with Gasteiger partial charge in [0.05, 0.1) is 12.6 Å². The van der Waals surface area contributed by atoms with Gasteiger partial charge in [-0.25, -0.2) is 4.98 Å². The Balaban J connectivity index is 1.63. The van der Waals surface area contributed by atoms with Crippen molar-refractivity contribution in [1.82, 2.24) is 14.9 Å².